The van der Waals surface area contributed by atoms with Crippen LogP contribution in [-0.2, 0) is 17.6 Å². The zero-order valence-corrected chi connectivity index (χ0v) is 12.5. The minimum atomic E-state index is -0.380. The number of nitrogens with zero attached hydrogens (tertiary/aromatic N) is 2. The third-order valence-corrected chi connectivity index (χ3v) is 4.04. The summed E-state index contributed by atoms with van der Waals surface area (Å²) in [5.74, 6) is 0.100. The van der Waals surface area contributed by atoms with E-state index in [0.717, 1.165) is 30.5 Å². The van der Waals surface area contributed by atoms with E-state index in [4.69, 9.17) is 5.26 Å². The number of aliphatic hydroxyl groups is 1. The molecule has 1 aliphatic heterocycles. The molecule has 2 rings (SSSR count). The normalized spacial score (nSPS) is 19.3. The van der Waals surface area contributed by atoms with Crippen molar-refractivity contribution in [3.8, 4) is 6.07 Å². The van der Waals surface area contributed by atoms with Gasteiger partial charge in [0.1, 0.15) is 0 Å². The highest BCUT2D eigenvalue weighted by atomic mass is 16.3. The molecule has 0 spiro atoms. The number of amides is 1. The largest absolute Gasteiger partial charge is 0.393 e. The van der Waals surface area contributed by atoms with Crippen LogP contribution >= 0.6 is 0 Å². The molecule has 4 nitrogen and oxygen atoms in total. The Morgan fingerprint density at radius 1 is 1.48 bits per heavy atom. The lowest BCUT2D eigenvalue weighted by molar-refractivity contribution is -0.131. The molecule has 1 heterocycles. The second-order valence-corrected chi connectivity index (χ2v) is 5.75. The second kappa shape index (κ2) is 7.24. The average Bonchev–Trinajstić information content (AvgIpc) is 2.88. The minimum Gasteiger partial charge on any atom is -0.393 e. The van der Waals surface area contributed by atoms with Gasteiger partial charge in [-0.25, -0.2) is 0 Å². The van der Waals surface area contributed by atoms with Crippen molar-refractivity contribution in [2.24, 2.45) is 0 Å². The Balaban J connectivity index is 2.06. The first-order chi connectivity index (χ1) is 10.1. The maximum atomic E-state index is 12.5. The third kappa shape index (κ3) is 4.05. The Bertz CT molecular complexity index is 534. The SMILES string of the molecule is CC(O)CC1CCCN1C(=O)Cc1ccccc1CC#N. The van der Waals surface area contributed by atoms with Crippen LogP contribution in [0.15, 0.2) is 24.3 Å². The molecule has 2 unspecified atom stereocenters. The van der Waals surface area contributed by atoms with Crippen molar-refractivity contribution in [1.29, 1.82) is 5.26 Å². The summed E-state index contributed by atoms with van der Waals surface area (Å²) < 4.78 is 0. The van der Waals surface area contributed by atoms with Crippen LogP contribution in [0, 0.1) is 11.3 Å². The number of hydrogen-bond acceptors (Lipinski definition) is 3. The Labute approximate surface area is 126 Å². The minimum absolute atomic E-state index is 0.100. The van der Waals surface area contributed by atoms with Crippen LogP contribution in [0.4, 0.5) is 0 Å². The molecule has 0 saturated carbocycles. The number of nitriles is 1. The second-order valence-electron chi connectivity index (χ2n) is 5.75. The van der Waals surface area contributed by atoms with Gasteiger partial charge in [0.15, 0.2) is 0 Å². The molecule has 1 N–H and O–H groups in total. The molecular formula is C17H22N2O2. The van der Waals surface area contributed by atoms with Gasteiger partial charge in [0, 0.05) is 12.6 Å². The maximum Gasteiger partial charge on any atom is 0.227 e. The van der Waals surface area contributed by atoms with Gasteiger partial charge in [0.25, 0.3) is 0 Å². The molecule has 1 fully saturated rings. The van der Waals surface area contributed by atoms with Crippen LogP contribution in [0.1, 0.15) is 37.3 Å². The molecule has 112 valence electrons. The van der Waals surface area contributed by atoms with Crippen molar-refractivity contribution < 1.29 is 9.90 Å². The molecule has 1 amide bonds. The highest BCUT2D eigenvalue weighted by Crippen LogP contribution is 2.23. The lowest BCUT2D eigenvalue weighted by atomic mass is 10.0. The molecule has 0 bridgehead atoms. The van der Waals surface area contributed by atoms with Crippen LogP contribution in [0.3, 0.4) is 0 Å². The van der Waals surface area contributed by atoms with Crippen LogP contribution in [0.5, 0.6) is 0 Å². The van der Waals surface area contributed by atoms with E-state index < -0.39 is 0 Å². The quantitative estimate of drug-likeness (QED) is 0.901. The summed E-state index contributed by atoms with van der Waals surface area (Å²) >= 11 is 0. The van der Waals surface area contributed by atoms with E-state index in [-0.39, 0.29) is 18.1 Å². The number of carbonyl (C=O) groups is 1. The van der Waals surface area contributed by atoms with E-state index in [2.05, 4.69) is 6.07 Å². The van der Waals surface area contributed by atoms with Gasteiger partial charge < -0.3 is 10.0 Å². The molecule has 0 aliphatic carbocycles. The van der Waals surface area contributed by atoms with Crippen molar-refractivity contribution >= 4 is 5.91 Å². The highest BCUT2D eigenvalue weighted by molar-refractivity contribution is 5.79. The van der Waals surface area contributed by atoms with Crippen molar-refractivity contribution in [2.45, 2.75) is 51.2 Å². The zero-order valence-electron chi connectivity index (χ0n) is 12.5. The van der Waals surface area contributed by atoms with E-state index in [1.165, 1.54) is 0 Å². The number of rotatable bonds is 5. The van der Waals surface area contributed by atoms with Crippen LogP contribution in [0.2, 0.25) is 0 Å². The molecule has 1 saturated heterocycles. The topological polar surface area (TPSA) is 64.3 Å². The number of likely N-dealkylation sites (tertiary alicyclic amines) is 1. The summed E-state index contributed by atoms with van der Waals surface area (Å²) in [5, 5.41) is 18.4. The highest BCUT2D eigenvalue weighted by Gasteiger charge is 2.29. The molecule has 21 heavy (non-hydrogen) atoms. The number of carbonyl (C=O) groups excluding carboxylic acids is 1. The maximum absolute atomic E-state index is 12.5. The van der Waals surface area contributed by atoms with Crippen molar-refractivity contribution in [3.63, 3.8) is 0 Å². The Morgan fingerprint density at radius 3 is 2.86 bits per heavy atom. The van der Waals surface area contributed by atoms with E-state index in [9.17, 15) is 9.90 Å². The zero-order chi connectivity index (χ0) is 15.2. The summed E-state index contributed by atoms with van der Waals surface area (Å²) in [7, 11) is 0. The third-order valence-electron chi connectivity index (χ3n) is 4.04. The van der Waals surface area contributed by atoms with Crippen molar-refractivity contribution in [1.82, 2.24) is 4.90 Å². The first kappa shape index (κ1) is 15.5. The molecule has 4 heteroatoms. The molecule has 1 aromatic carbocycles. The van der Waals surface area contributed by atoms with Crippen LogP contribution < -0.4 is 0 Å². The van der Waals surface area contributed by atoms with E-state index >= 15 is 0 Å². The predicted molar refractivity (Wildman–Crippen MR) is 80.5 cm³/mol. The predicted octanol–water partition coefficient (Wildman–Crippen LogP) is 2.06. The first-order valence-electron chi connectivity index (χ1n) is 7.53. The smallest absolute Gasteiger partial charge is 0.227 e. The van der Waals surface area contributed by atoms with Gasteiger partial charge in [0.2, 0.25) is 5.91 Å². The monoisotopic (exact) mass is 286 g/mol. The van der Waals surface area contributed by atoms with Gasteiger partial charge in [-0.05, 0) is 37.3 Å². The molecule has 0 aromatic heterocycles. The summed E-state index contributed by atoms with van der Waals surface area (Å²) in [6, 6.07) is 9.92. The van der Waals surface area contributed by atoms with Gasteiger partial charge in [0.05, 0.1) is 25.0 Å². The Kier molecular flexibility index (Phi) is 5.35. The van der Waals surface area contributed by atoms with Gasteiger partial charge in [-0.15, -0.1) is 0 Å². The summed E-state index contributed by atoms with van der Waals surface area (Å²) in [6.07, 6.45) is 2.91. The molecule has 1 aromatic rings. The fourth-order valence-electron chi connectivity index (χ4n) is 3.05. The lowest BCUT2D eigenvalue weighted by Gasteiger charge is -2.26. The standard InChI is InChI=1S/C17H22N2O2/c1-13(20)11-16-7-4-10-19(16)17(21)12-15-6-3-2-5-14(15)8-9-18/h2-3,5-6,13,16,20H,4,7-8,10-12H2,1H3. The Morgan fingerprint density at radius 2 is 2.19 bits per heavy atom. The summed E-state index contributed by atoms with van der Waals surface area (Å²) in [4.78, 5) is 14.4. The molecule has 1 aliphatic rings. The van der Waals surface area contributed by atoms with E-state index in [0.29, 0.717) is 19.3 Å². The van der Waals surface area contributed by atoms with Crippen LogP contribution in [0.25, 0.3) is 0 Å². The van der Waals surface area contributed by atoms with E-state index in [1.807, 2.05) is 29.2 Å². The summed E-state index contributed by atoms with van der Waals surface area (Å²) in [6.45, 7) is 2.54. The fourth-order valence-corrected chi connectivity index (χ4v) is 3.05. The van der Waals surface area contributed by atoms with Crippen molar-refractivity contribution in [3.05, 3.63) is 35.4 Å². The lowest BCUT2D eigenvalue weighted by Crippen LogP contribution is -2.38. The van der Waals surface area contributed by atoms with Gasteiger partial charge in [-0.3, -0.25) is 4.79 Å². The fraction of sp³-hybridized carbons (Fsp3) is 0.529. The van der Waals surface area contributed by atoms with Gasteiger partial charge in [-0.2, -0.15) is 5.26 Å². The molecule has 0 radical (unpaired) electrons. The first-order valence-corrected chi connectivity index (χ1v) is 7.53. The van der Waals surface area contributed by atoms with E-state index in [1.54, 1.807) is 6.92 Å². The molecule has 2 atom stereocenters. The number of benzene rings is 1. The summed E-state index contributed by atoms with van der Waals surface area (Å²) in [5.41, 5.74) is 1.87. The van der Waals surface area contributed by atoms with Gasteiger partial charge in [-0.1, -0.05) is 24.3 Å². The number of aliphatic hydroxyl groups excluding tert-OH is 1. The Hall–Kier alpha value is -1.86. The molecular weight excluding hydrogens is 264 g/mol. The van der Waals surface area contributed by atoms with Crippen LogP contribution in [-0.4, -0.2) is 34.6 Å². The average molecular weight is 286 g/mol. The van der Waals surface area contributed by atoms with Crippen molar-refractivity contribution in [2.75, 3.05) is 6.54 Å². The number of hydrogen-bond donors (Lipinski definition) is 1. The van der Waals surface area contributed by atoms with Gasteiger partial charge >= 0.3 is 0 Å².